The van der Waals surface area contributed by atoms with Crippen molar-refractivity contribution in [2.45, 2.75) is 6.92 Å². The lowest BCUT2D eigenvalue weighted by Gasteiger charge is -2.13. The van der Waals surface area contributed by atoms with E-state index in [4.69, 9.17) is 37.9 Å². The highest BCUT2D eigenvalue weighted by Crippen LogP contribution is 2.36. The molecule has 0 aromatic heterocycles. The second-order valence-corrected chi connectivity index (χ2v) is 5.74. The molecule has 0 heterocycles. The molecule has 0 aliphatic carbocycles. The van der Waals surface area contributed by atoms with Crippen LogP contribution in [0.5, 0.6) is 11.5 Å². The Hall–Kier alpha value is -2.42. The lowest BCUT2D eigenvalue weighted by molar-refractivity contribution is -0.118. The third-order valence-corrected chi connectivity index (χ3v) is 3.70. The molecule has 124 valence electrons. The number of nitriles is 1. The molecule has 7 heteroatoms. The second kappa shape index (κ2) is 7.91. The summed E-state index contributed by atoms with van der Waals surface area (Å²) < 4.78 is 10.6. The minimum absolute atomic E-state index is 0.187. The normalized spacial score (nSPS) is 9.96. The van der Waals surface area contributed by atoms with E-state index in [1.165, 1.54) is 19.2 Å². The zero-order chi connectivity index (χ0) is 17.7. The van der Waals surface area contributed by atoms with Crippen LogP contribution in [0.15, 0.2) is 30.3 Å². The predicted molar refractivity (Wildman–Crippen MR) is 93.0 cm³/mol. The highest BCUT2D eigenvalue weighted by atomic mass is 35.5. The van der Waals surface area contributed by atoms with Crippen LogP contribution in [0, 0.1) is 18.3 Å². The molecule has 0 aliphatic rings. The maximum atomic E-state index is 12.0. The summed E-state index contributed by atoms with van der Waals surface area (Å²) in [7, 11) is 1.42. The highest BCUT2D eigenvalue weighted by Gasteiger charge is 2.14. The van der Waals surface area contributed by atoms with Gasteiger partial charge in [-0.05, 0) is 30.7 Å². The number of ether oxygens (including phenoxy) is 2. The third-order valence-electron chi connectivity index (χ3n) is 3.10. The van der Waals surface area contributed by atoms with Crippen LogP contribution in [-0.2, 0) is 4.79 Å². The molecular weight excluding hydrogens is 351 g/mol. The summed E-state index contributed by atoms with van der Waals surface area (Å²) in [6.45, 7) is 1.62. The number of carbonyl (C=O) groups is 1. The average molecular weight is 365 g/mol. The number of hydrogen-bond acceptors (Lipinski definition) is 4. The van der Waals surface area contributed by atoms with E-state index in [0.29, 0.717) is 16.3 Å². The molecule has 1 amide bonds. The molecule has 2 aromatic rings. The van der Waals surface area contributed by atoms with Crippen LogP contribution in [0.25, 0.3) is 0 Å². The Kier molecular flexibility index (Phi) is 5.91. The van der Waals surface area contributed by atoms with Crippen molar-refractivity contribution >= 4 is 34.8 Å². The molecule has 0 fully saturated rings. The van der Waals surface area contributed by atoms with Crippen LogP contribution in [0.3, 0.4) is 0 Å². The van der Waals surface area contributed by atoms with Gasteiger partial charge in [-0.15, -0.1) is 0 Å². The van der Waals surface area contributed by atoms with Gasteiger partial charge in [0.2, 0.25) is 0 Å². The Bertz CT molecular complexity index is 816. The van der Waals surface area contributed by atoms with Crippen molar-refractivity contribution in [3.8, 4) is 17.6 Å². The van der Waals surface area contributed by atoms with Gasteiger partial charge in [0.05, 0.1) is 34.5 Å². The summed E-state index contributed by atoms with van der Waals surface area (Å²) in [5.41, 5.74) is 1.82. The molecule has 0 bridgehead atoms. The van der Waals surface area contributed by atoms with E-state index >= 15 is 0 Å². The maximum Gasteiger partial charge on any atom is 0.262 e. The molecule has 0 saturated heterocycles. The van der Waals surface area contributed by atoms with E-state index in [2.05, 4.69) is 5.32 Å². The average Bonchev–Trinajstić information content (AvgIpc) is 2.55. The number of nitrogens with one attached hydrogen (secondary N) is 1. The van der Waals surface area contributed by atoms with Gasteiger partial charge in [0.25, 0.3) is 5.91 Å². The molecule has 2 rings (SSSR count). The number of carbonyl (C=O) groups excluding carboxylic acids is 1. The van der Waals surface area contributed by atoms with Gasteiger partial charge in [0.15, 0.2) is 18.1 Å². The first-order valence-electron chi connectivity index (χ1n) is 6.91. The first-order chi connectivity index (χ1) is 11.4. The van der Waals surface area contributed by atoms with Crippen molar-refractivity contribution in [2.24, 2.45) is 0 Å². The van der Waals surface area contributed by atoms with E-state index in [-0.39, 0.29) is 23.1 Å². The number of nitrogens with zero attached hydrogens (tertiary/aromatic N) is 1. The van der Waals surface area contributed by atoms with E-state index in [0.717, 1.165) is 5.56 Å². The Labute approximate surface area is 149 Å². The molecule has 0 aliphatic heterocycles. The number of methoxy groups -OCH3 is 1. The summed E-state index contributed by atoms with van der Waals surface area (Å²) in [4.78, 5) is 12.0. The number of aryl methyl sites for hydroxylation is 1. The SMILES string of the molecule is COc1cc(C#N)cc(Cl)c1OCC(=O)Nc1ccc(C)cc1Cl. The van der Waals surface area contributed by atoms with Gasteiger partial charge in [0.1, 0.15) is 0 Å². The monoisotopic (exact) mass is 364 g/mol. The van der Waals surface area contributed by atoms with Gasteiger partial charge in [-0.3, -0.25) is 4.79 Å². The molecular formula is C17H14Cl2N2O3. The van der Waals surface area contributed by atoms with Crippen LogP contribution in [0.2, 0.25) is 10.0 Å². The van der Waals surface area contributed by atoms with Crippen molar-refractivity contribution in [3.05, 3.63) is 51.5 Å². The van der Waals surface area contributed by atoms with Crippen LogP contribution in [0.1, 0.15) is 11.1 Å². The van der Waals surface area contributed by atoms with E-state index in [1.54, 1.807) is 12.1 Å². The number of anilines is 1. The minimum atomic E-state index is -0.400. The molecule has 0 spiro atoms. The number of hydrogen-bond donors (Lipinski definition) is 1. The van der Waals surface area contributed by atoms with Gasteiger partial charge in [-0.1, -0.05) is 29.3 Å². The summed E-state index contributed by atoms with van der Waals surface area (Å²) in [5.74, 6) is 0.0757. The van der Waals surface area contributed by atoms with Crippen molar-refractivity contribution < 1.29 is 14.3 Å². The molecule has 5 nitrogen and oxygen atoms in total. The van der Waals surface area contributed by atoms with Crippen LogP contribution in [0.4, 0.5) is 5.69 Å². The number of amides is 1. The topological polar surface area (TPSA) is 71.3 Å². The molecule has 2 aromatic carbocycles. The lowest BCUT2D eigenvalue weighted by Crippen LogP contribution is -2.20. The first kappa shape index (κ1) is 17.9. The minimum Gasteiger partial charge on any atom is -0.493 e. The maximum absolute atomic E-state index is 12.0. The Morgan fingerprint density at radius 1 is 1.25 bits per heavy atom. The van der Waals surface area contributed by atoms with Crippen molar-refractivity contribution in [1.82, 2.24) is 0 Å². The third kappa shape index (κ3) is 4.31. The van der Waals surface area contributed by atoms with Crippen molar-refractivity contribution in [2.75, 3.05) is 19.0 Å². The van der Waals surface area contributed by atoms with Crippen LogP contribution in [-0.4, -0.2) is 19.6 Å². The van der Waals surface area contributed by atoms with Crippen LogP contribution < -0.4 is 14.8 Å². The Morgan fingerprint density at radius 2 is 2.00 bits per heavy atom. The fourth-order valence-corrected chi connectivity index (χ4v) is 2.52. The molecule has 0 saturated carbocycles. The van der Waals surface area contributed by atoms with Crippen LogP contribution >= 0.6 is 23.2 Å². The lowest BCUT2D eigenvalue weighted by atomic mass is 10.2. The smallest absolute Gasteiger partial charge is 0.262 e. The van der Waals surface area contributed by atoms with E-state index in [1.807, 2.05) is 19.1 Å². The second-order valence-electron chi connectivity index (χ2n) is 4.92. The highest BCUT2D eigenvalue weighted by molar-refractivity contribution is 6.33. The molecule has 1 N–H and O–H groups in total. The summed E-state index contributed by atoms with van der Waals surface area (Å²) in [5, 5.41) is 12.2. The van der Waals surface area contributed by atoms with Gasteiger partial charge < -0.3 is 14.8 Å². The first-order valence-corrected chi connectivity index (χ1v) is 7.66. The van der Waals surface area contributed by atoms with Crippen molar-refractivity contribution in [3.63, 3.8) is 0 Å². The number of rotatable bonds is 5. The molecule has 24 heavy (non-hydrogen) atoms. The summed E-state index contributed by atoms with van der Waals surface area (Å²) in [6, 6.07) is 10.2. The molecule has 0 radical (unpaired) electrons. The van der Waals surface area contributed by atoms with E-state index < -0.39 is 5.91 Å². The largest absolute Gasteiger partial charge is 0.493 e. The number of halogens is 2. The van der Waals surface area contributed by atoms with E-state index in [9.17, 15) is 4.79 Å². The standard InChI is InChI=1S/C17H14Cl2N2O3/c1-10-3-4-14(12(18)5-10)21-16(22)9-24-17-13(19)6-11(8-20)7-15(17)23-2/h3-7H,9H2,1-2H3,(H,21,22). The Balaban J connectivity index is 2.08. The quantitative estimate of drug-likeness (QED) is 0.862. The van der Waals surface area contributed by atoms with Crippen molar-refractivity contribution in [1.29, 1.82) is 5.26 Å². The fraction of sp³-hybridized carbons (Fsp3) is 0.176. The zero-order valence-corrected chi connectivity index (χ0v) is 14.5. The fourth-order valence-electron chi connectivity index (χ4n) is 1.97. The van der Waals surface area contributed by atoms with Gasteiger partial charge in [-0.2, -0.15) is 5.26 Å². The summed E-state index contributed by atoms with van der Waals surface area (Å²) >= 11 is 12.1. The Morgan fingerprint density at radius 3 is 2.62 bits per heavy atom. The van der Waals surface area contributed by atoms with Gasteiger partial charge >= 0.3 is 0 Å². The van der Waals surface area contributed by atoms with Gasteiger partial charge in [0, 0.05) is 6.07 Å². The molecule has 0 atom stereocenters. The van der Waals surface area contributed by atoms with Gasteiger partial charge in [-0.25, -0.2) is 0 Å². The number of benzene rings is 2. The predicted octanol–water partition coefficient (Wildman–Crippen LogP) is 4.20. The summed E-state index contributed by atoms with van der Waals surface area (Å²) in [6.07, 6.45) is 0. The molecule has 0 unspecified atom stereocenters. The zero-order valence-electron chi connectivity index (χ0n) is 13.0.